The second kappa shape index (κ2) is 5.14. The second-order valence-electron chi connectivity index (χ2n) is 4.50. The first-order chi connectivity index (χ1) is 9.31. The van der Waals surface area contributed by atoms with Gasteiger partial charge < -0.3 is 14.8 Å². The molecule has 0 spiro atoms. The predicted molar refractivity (Wildman–Crippen MR) is 70.1 cm³/mol. The van der Waals surface area contributed by atoms with Crippen molar-refractivity contribution < 1.29 is 14.3 Å². The molecule has 1 aliphatic rings. The summed E-state index contributed by atoms with van der Waals surface area (Å²) in [6.07, 6.45) is -0.361. The highest BCUT2D eigenvalue weighted by Crippen LogP contribution is 2.16. The van der Waals surface area contributed by atoms with E-state index in [2.05, 4.69) is 10.3 Å². The van der Waals surface area contributed by atoms with E-state index in [1.165, 1.54) is 0 Å². The number of alkyl carbamates (subject to hydrolysis) is 1. The smallest absolute Gasteiger partial charge is 0.407 e. The molecule has 1 aromatic heterocycles. The van der Waals surface area contributed by atoms with Crippen molar-refractivity contribution in [2.45, 2.75) is 0 Å². The van der Waals surface area contributed by atoms with Crippen molar-refractivity contribution in [3.63, 3.8) is 0 Å². The van der Waals surface area contributed by atoms with E-state index in [0.29, 0.717) is 25.6 Å². The lowest BCUT2D eigenvalue weighted by Crippen LogP contribution is -2.41. The van der Waals surface area contributed by atoms with Gasteiger partial charge in [-0.25, -0.2) is 9.78 Å². The Kier molecular flexibility index (Phi) is 3.18. The molecule has 2 aromatic rings. The van der Waals surface area contributed by atoms with Gasteiger partial charge in [-0.2, -0.15) is 0 Å². The van der Waals surface area contributed by atoms with Gasteiger partial charge in [0.05, 0.1) is 12.1 Å². The monoisotopic (exact) mass is 258 g/mol. The maximum Gasteiger partial charge on any atom is 0.407 e. The van der Waals surface area contributed by atoms with E-state index in [4.69, 9.17) is 9.47 Å². The Balaban J connectivity index is 1.63. The third-order valence-corrected chi connectivity index (χ3v) is 3.02. The number of benzene rings is 1. The van der Waals surface area contributed by atoms with Gasteiger partial charge in [0.25, 0.3) is 0 Å². The third-order valence-electron chi connectivity index (χ3n) is 3.02. The van der Waals surface area contributed by atoms with E-state index in [-0.39, 0.29) is 12.0 Å². The van der Waals surface area contributed by atoms with Gasteiger partial charge in [-0.05, 0) is 12.1 Å². The molecule has 1 saturated heterocycles. The summed E-state index contributed by atoms with van der Waals surface area (Å²) in [5.41, 5.74) is 0.910. The van der Waals surface area contributed by atoms with Crippen LogP contribution in [-0.4, -0.2) is 30.8 Å². The van der Waals surface area contributed by atoms with Crippen LogP contribution in [-0.2, 0) is 4.74 Å². The highest BCUT2D eigenvalue weighted by Gasteiger charge is 2.19. The lowest BCUT2D eigenvalue weighted by Gasteiger charge is -2.22. The van der Waals surface area contributed by atoms with Crippen molar-refractivity contribution in [3.05, 3.63) is 36.4 Å². The quantitative estimate of drug-likeness (QED) is 0.914. The zero-order valence-corrected chi connectivity index (χ0v) is 10.3. The van der Waals surface area contributed by atoms with Gasteiger partial charge in [-0.15, -0.1) is 0 Å². The molecule has 2 heterocycles. The van der Waals surface area contributed by atoms with Crippen molar-refractivity contribution in [2.24, 2.45) is 5.92 Å². The Morgan fingerprint density at radius 1 is 1.32 bits per heavy atom. The van der Waals surface area contributed by atoms with Crippen LogP contribution in [0.4, 0.5) is 4.79 Å². The van der Waals surface area contributed by atoms with Gasteiger partial charge in [-0.1, -0.05) is 18.2 Å². The van der Waals surface area contributed by atoms with E-state index in [1.54, 1.807) is 0 Å². The summed E-state index contributed by atoms with van der Waals surface area (Å²) in [7, 11) is 0. The van der Waals surface area contributed by atoms with E-state index in [1.807, 2.05) is 36.4 Å². The number of pyridine rings is 1. The Morgan fingerprint density at radius 3 is 3.05 bits per heavy atom. The summed E-state index contributed by atoms with van der Waals surface area (Å²) in [5, 5.41) is 3.72. The van der Waals surface area contributed by atoms with E-state index >= 15 is 0 Å². The Labute approximate surface area is 110 Å². The number of carbonyl (C=O) groups is 1. The average molecular weight is 258 g/mol. The largest absolute Gasteiger partial charge is 0.477 e. The summed E-state index contributed by atoms with van der Waals surface area (Å²) in [6.45, 7) is 1.44. The van der Waals surface area contributed by atoms with Crippen LogP contribution < -0.4 is 10.1 Å². The van der Waals surface area contributed by atoms with Gasteiger partial charge in [0.2, 0.25) is 5.88 Å². The Hall–Kier alpha value is -2.30. The molecule has 98 valence electrons. The highest BCUT2D eigenvalue weighted by atomic mass is 16.6. The SMILES string of the molecule is O=C1NCC(COc2ccc3ccccc3n2)CO1. The molecule has 3 rings (SSSR count). The molecule has 0 aliphatic carbocycles. The molecule has 5 heteroatoms. The van der Waals surface area contributed by atoms with Crippen molar-refractivity contribution >= 4 is 17.0 Å². The normalized spacial score (nSPS) is 18.7. The minimum absolute atomic E-state index is 0.158. The average Bonchev–Trinajstić information content (AvgIpc) is 2.46. The van der Waals surface area contributed by atoms with Crippen LogP contribution >= 0.6 is 0 Å². The first-order valence-electron chi connectivity index (χ1n) is 6.20. The number of nitrogens with one attached hydrogen (secondary N) is 1. The van der Waals surface area contributed by atoms with Crippen LogP contribution in [0, 0.1) is 5.92 Å². The zero-order chi connectivity index (χ0) is 13.1. The molecule has 1 aliphatic heterocycles. The molecule has 0 saturated carbocycles. The number of cyclic esters (lactones) is 1. The van der Waals surface area contributed by atoms with E-state index < -0.39 is 0 Å². The minimum atomic E-state index is -0.361. The molecule has 1 fully saturated rings. The van der Waals surface area contributed by atoms with Crippen LogP contribution in [0.5, 0.6) is 5.88 Å². The van der Waals surface area contributed by atoms with Crippen molar-refractivity contribution in [3.8, 4) is 5.88 Å². The van der Waals surface area contributed by atoms with Gasteiger partial charge in [0, 0.05) is 23.9 Å². The number of ether oxygens (including phenoxy) is 2. The lowest BCUT2D eigenvalue weighted by atomic mass is 10.1. The molecule has 5 nitrogen and oxygen atoms in total. The van der Waals surface area contributed by atoms with Gasteiger partial charge in [0.15, 0.2) is 0 Å². The number of aromatic nitrogens is 1. The van der Waals surface area contributed by atoms with Crippen molar-refractivity contribution in [2.75, 3.05) is 19.8 Å². The van der Waals surface area contributed by atoms with Gasteiger partial charge >= 0.3 is 6.09 Å². The molecular weight excluding hydrogens is 244 g/mol. The first-order valence-corrected chi connectivity index (χ1v) is 6.20. The van der Waals surface area contributed by atoms with E-state index in [0.717, 1.165) is 10.9 Å². The van der Waals surface area contributed by atoms with Gasteiger partial charge in [-0.3, -0.25) is 0 Å². The van der Waals surface area contributed by atoms with Crippen LogP contribution in [0.2, 0.25) is 0 Å². The summed E-state index contributed by atoms with van der Waals surface area (Å²) in [5.74, 6) is 0.751. The molecule has 1 N–H and O–H groups in total. The molecule has 19 heavy (non-hydrogen) atoms. The topological polar surface area (TPSA) is 60.5 Å². The number of amides is 1. The minimum Gasteiger partial charge on any atom is -0.477 e. The Bertz CT molecular complexity index is 590. The maximum atomic E-state index is 10.8. The molecule has 1 amide bonds. The first kappa shape index (κ1) is 11.8. The number of para-hydroxylation sites is 1. The molecule has 1 atom stereocenters. The van der Waals surface area contributed by atoms with Gasteiger partial charge in [0.1, 0.15) is 6.61 Å². The molecular formula is C14H14N2O3. The number of hydrogen-bond donors (Lipinski definition) is 1. The summed E-state index contributed by atoms with van der Waals surface area (Å²) >= 11 is 0. The predicted octanol–water partition coefficient (Wildman–Crippen LogP) is 1.97. The Morgan fingerprint density at radius 2 is 2.21 bits per heavy atom. The highest BCUT2D eigenvalue weighted by molar-refractivity contribution is 5.78. The molecule has 0 bridgehead atoms. The van der Waals surface area contributed by atoms with Crippen molar-refractivity contribution in [1.82, 2.24) is 10.3 Å². The van der Waals surface area contributed by atoms with Crippen LogP contribution in [0.3, 0.4) is 0 Å². The second-order valence-corrected chi connectivity index (χ2v) is 4.50. The molecule has 0 radical (unpaired) electrons. The summed E-state index contributed by atoms with van der Waals surface area (Å²) in [6, 6.07) is 11.7. The number of hydrogen-bond acceptors (Lipinski definition) is 4. The standard InChI is InChI=1S/C14H14N2O3/c17-14-15-7-10(9-19-14)8-18-13-6-5-11-3-1-2-4-12(11)16-13/h1-6,10H,7-9H2,(H,15,17). The van der Waals surface area contributed by atoms with Crippen LogP contribution in [0.15, 0.2) is 36.4 Å². The zero-order valence-electron chi connectivity index (χ0n) is 10.3. The third kappa shape index (κ3) is 2.76. The number of nitrogens with zero attached hydrogens (tertiary/aromatic N) is 1. The van der Waals surface area contributed by atoms with E-state index in [9.17, 15) is 4.79 Å². The fourth-order valence-electron chi connectivity index (χ4n) is 1.97. The lowest BCUT2D eigenvalue weighted by molar-refractivity contribution is 0.0828. The van der Waals surface area contributed by atoms with Crippen molar-refractivity contribution in [1.29, 1.82) is 0 Å². The fourth-order valence-corrected chi connectivity index (χ4v) is 1.97. The molecule has 1 aromatic carbocycles. The van der Waals surface area contributed by atoms with Crippen LogP contribution in [0.25, 0.3) is 10.9 Å². The number of carbonyl (C=O) groups excluding carboxylic acids is 1. The fraction of sp³-hybridized carbons (Fsp3) is 0.286. The number of fused-ring (bicyclic) bond motifs is 1. The summed E-state index contributed by atoms with van der Waals surface area (Å²) in [4.78, 5) is 15.3. The number of rotatable bonds is 3. The maximum absolute atomic E-state index is 10.8. The molecule has 1 unspecified atom stereocenters. The summed E-state index contributed by atoms with van der Waals surface area (Å²) < 4.78 is 10.5. The van der Waals surface area contributed by atoms with Crippen LogP contribution in [0.1, 0.15) is 0 Å².